The molecule has 6 rings (SSSR count). The summed E-state index contributed by atoms with van der Waals surface area (Å²) in [5.74, 6) is -7.72. The highest BCUT2D eigenvalue weighted by Gasteiger charge is 2.60. The quantitative estimate of drug-likeness (QED) is 0.0503. The molecular weight excluding hydrogens is 1080 g/mol. The van der Waals surface area contributed by atoms with E-state index in [1.165, 1.54) is 0 Å². The molecule has 6 fully saturated rings. The maximum atomic E-state index is 13.5. The van der Waals surface area contributed by atoms with Crippen LogP contribution in [0.25, 0.3) is 0 Å². The first kappa shape index (κ1) is 63.1. The van der Waals surface area contributed by atoms with E-state index in [2.05, 4.69) is 0 Å². The predicted octanol–water partition coefficient (Wildman–Crippen LogP) is -14.0. The van der Waals surface area contributed by atoms with Crippen LogP contribution in [0.3, 0.4) is 0 Å². The Hall–Kier alpha value is -2.11. The van der Waals surface area contributed by atoms with Gasteiger partial charge in [0.05, 0.1) is 33.0 Å². The minimum atomic E-state index is -5.99. The van der Waals surface area contributed by atoms with Crippen molar-refractivity contribution in [1.29, 1.82) is 0 Å². The first-order valence-electron chi connectivity index (χ1n) is 22.9. The molecule has 6 aliphatic rings. The Morgan fingerprint density at radius 3 is 1.43 bits per heavy atom. The molecule has 0 aromatic carbocycles. The van der Waals surface area contributed by atoms with Crippen molar-refractivity contribution < 1.29 is 183 Å². The van der Waals surface area contributed by atoms with E-state index in [0.717, 1.165) is 0 Å². The monoisotopic (exact) mass is 1140 g/mol. The van der Waals surface area contributed by atoms with E-state index in [4.69, 9.17) is 56.4 Å². The zero-order chi connectivity index (χ0) is 56.6. The van der Waals surface area contributed by atoms with Gasteiger partial charge in [0.15, 0.2) is 37.6 Å². The highest BCUT2D eigenvalue weighted by molar-refractivity contribution is 7.47. The summed E-state index contributed by atoms with van der Waals surface area (Å²) in [5, 5.41) is 219. The van der Waals surface area contributed by atoms with Crippen LogP contribution in [0, 0.1) is 0 Å². The summed E-state index contributed by atoms with van der Waals surface area (Å²) < 4.78 is 77.4. The topological polar surface area (TPSA) is 607 Å². The van der Waals surface area contributed by atoms with E-state index >= 15 is 0 Å². The standard InChI is InChI=1S/C38H63O37P/c39-2-7(43)26-27(8(1-38(61,73-26)37(59)60)74-76(62,63)75-36-23(54)19(50)20(51)30(72-36)31(57)58)69-34-22(53)18(49)14(45)12(68-34)6-64-32-24(55)28(15(46)10(4-41)65-32)71-35-25(56)29(16(47)11(5-42)67-35)70-33-21(52)17(48)13(44)9(3-40)66-33/h7-30,32-36,39-56,61H,1-6H2,(H,57,58)(H,59,60)(H,62,63)/t7-,8-,9-,10-,11-,12-,13-,14-,15-,16-,17+,18+,19+,20-,21+,22+,23-,24-,25+,26-,27-,28+,29+,30+,32-,33-,34-,35-,36-,38-/m1/s1. The van der Waals surface area contributed by atoms with Gasteiger partial charge in [0.2, 0.25) is 0 Å². The highest BCUT2D eigenvalue weighted by atomic mass is 31.2. The van der Waals surface area contributed by atoms with Crippen LogP contribution in [0.5, 0.6) is 0 Å². The summed E-state index contributed by atoms with van der Waals surface area (Å²) in [5.41, 5.74) is 0. The number of phosphoric ester groups is 1. The summed E-state index contributed by atoms with van der Waals surface area (Å²) in [6.07, 6.45) is -64.3. The fourth-order valence-electron chi connectivity index (χ4n) is 8.89. The number of aliphatic carboxylic acids is 2. The fourth-order valence-corrected chi connectivity index (χ4v) is 9.91. The van der Waals surface area contributed by atoms with Crippen molar-refractivity contribution in [3.05, 3.63) is 0 Å². The predicted molar refractivity (Wildman–Crippen MR) is 222 cm³/mol. The summed E-state index contributed by atoms with van der Waals surface area (Å²) in [4.78, 5) is 34.6. The molecule has 22 N–H and O–H groups in total. The third kappa shape index (κ3) is 13.3. The molecule has 0 saturated carbocycles. The van der Waals surface area contributed by atoms with Crippen LogP contribution in [0.4, 0.5) is 0 Å². The van der Waals surface area contributed by atoms with Gasteiger partial charge in [0, 0.05) is 6.42 Å². The van der Waals surface area contributed by atoms with Crippen LogP contribution >= 0.6 is 7.82 Å². The van der Waals surface area contributed by atoms with Crippen LogP contribution in [0.2, 0.25) is 0 Å². The number of rotatable bonds is 20. The molecule has 6 aliphatic heterocycles. The van der Waals surface area contributed by atoms with Crippen molar-refractivity contribution in [2.24, 2.45) is 0 Å². The molecule has 6 saturated heterocycles. The van der Waals surface area contributed by atoms with Crippen molar-refractivity contribution in [1.82, 2.24) is 0 Å². The number of carboxylic acid groups (broad SMARTS) is 2. The molecular formula is C38H63O37P. The van der Waals surface area contributed by atoms with Gasteiger partial charge in [0.1, 0.15) is 140 Å². The summed E-state index contributed by atoms with van der Waals surface area (Å²) in [6, 6.07) is 0. The van der Waals surface area contributed by atoms with Crippen molar-refractivity contribution in [3.8, 4) is 0 Å². The first-order valence-corrected chi connectivity index (χ1v) is 24.4. The Kier molecular flexibility index (Phi) is 21.4. The Balaban J connectivity index is 1.19. The lowest BCUT2D eigenvalue weighted by atomic mass is 9.92. The normalized spacial score (nSPS) is 49.6. The lowest BCUT2D eigenvalue weighted by molar-refractivity contribution is -0.384. The van der Waals surface area contributed by atoms with E-state index < -0.39 is 243 Å². The summed E-state index contributed by atoms with van der Waals surface area (Å²) >= 11 is 0. The number of carbonyl (C=O) groups is 2. The van der Waals surface area contributed by atoms with Crippen molar-refractivity contribution in [2.75, 3.05) is 33.0 Å². The number of aliphatic hydroxyl groups excluding tert-OH is 18. The Morgan fingerprint density at radius 1 is 0.526 bits per heavy atom. The molecule has 0 amide bonds. The smallest absolute Gasteiger partial charge is 0.474 e. The molecule has 1 unspecified atom stereocenters. The third-order valence-electron chi connectivity index (χ3n) is 13.2. The zero-order valence-electron chi connectivity index (χ0n) is 38.9. The Bertz CT molecular complexity index is 1940. The van der Waals surface area contributed by atoms with Crippen molar-refractivity contribution >= 4 is 19.8 Å². The summed E-state index contributed by atoms with van der Waals surface area (Å²) in [7, 11) is -5.99. The average molecular weight is 1140 g/mol. The van der Waals surface area contributed by atoms with Crippen LogP contribution in [-0.2, 0) is 70.6 Å². The van der Waals surface area contributed by atoms with Crippen LogP contribution < -0.4 is 0 Å². The van der Waals surface area contributed by atoms with Gasteiger partial charge in [-0.15, -0.1) is 0 Å². The second-order valence-corrected chi connectivity index (χ2v) is 19.7. The minimum absolute atomic E-state index is 0.905. The second-order valence-electron chi connectivity index (χ2n) is 18.3. The maximum absolute atomic E-state index is 13.5. The van der Waals surface area contributed by atoms with Gasteiger partial charge in [-0.3, -0.25) is 9.05 Å². The van der Waals surface area contributed by atoms with Gasteiger partial charge in [0.25, 0.3) is 5.79 Å². The van der Waals surface area contributed by atoms with Crippen LogP contribution in [0.15, 0.2) is 0 Å². The Morgan fingerprint density at radius 2 is 0.947 bits per heavy atom. The third-order valence-corrected chi connectivity index (χ3v) is 14.2. The largest absolute Gasteiger partial charge is 0.479 e. The molecule has 0 spiro atoms. The second kappa shape index (κ2) is 25.8. The SMILES string of the molecule is O=C(O)[C@H]1O[C@H](OP(=O)(O)O[C@@H]2C[C@](O)(C(=O)O)O[C@H]([C@H](O)CO)[C@@H]2O[C@H]2O[C@H](CO[C@@H]3O[C@H](CO)[C@@H](O)[C@H](O[C@H]4O[C@H](CO)[C@@H](O)[C@H](O[C@H]5O[C@H](CO)[C@@H](O)[C@H](O)[C@@H]5O)[C@@H]4O)[C@H]3O)[C@@H](O)[C@H](O)[C@@H]2O)[C@H](O)[C@@H](O)[C@H]1O. The van der Waals surface area contributed by atoms with Gasteiger partial charge >= 0.3 is 19.8 Å². The van der Waals surface area contributed by atoms with Crippen LogP contribution in [0.1, 0.15) is 6.42 Å². The number of hydrogen-bond donors (Lipinski definition) is 22. The summed E-state index contributed by atoms with van der Waals surface area (Å²) in [6.45, 7) is -5.44. The highest BCUT2D eigenvalue weighted by Crippen LogP contribution is 2.51. The van der Waals surface area contributed by atoms with E-state index in [9.17, 15) is 126 Å². The molecule has 0 aliphatic carbocycles. The van der Waals surface area contributed by atoms with Gasteiger partial charge in [-0.1, -0.05) is 0 Å². The molecule has 38 heteroatoms. The lowest BCUT2D eigenvalue weighted by Gasteiger charge is -2.48. The van der Waals surface area contributed by atoms with Crippen molar-refractivity contribution in [3.63, 3.8) is 0 Å². The average Bonchev–Trinajstić information content (AvgIpc) is 3.37. The van der Waals surface area contributed by atoms with E-state index in [1.54, 1.807) is 0 Å². The van der Waals surface area contributed by atoms with Crippen molar-refractivity contribution in [2.45, 2.75) is 190 Å². The molecule has 0 aromatic rings. The molecule has 0 radical (unpaired) electrons. The van der Waals surface area contributed by atoms with Gasteiger partial charge in [-0.05, 0) is 0 Å². The number of hydrogen-bond acceptors (Lipinski definition) is 34. The van der Waals surface area contributed by atoms with E-state index in [1.807, 2.05) is 0 Å². The molecule has 76 heavy (non-hydrogen) atoms. The fraction of sp³-hybridized carbons (Fsp3) is 0.947. The zero-order valence-corrected chi connectivity index (χ0v) is 39.8. The molecule has 37 nitrogen and oxygen atoms in total. The molecule has 6 heterocycles. The van der Waals surface area contributed by atoms with Gasteiger partial charge in [-0.25, -0.2) is 14.2 Å². The molecule has 0 bridgehead atoms. The van der Waals surface area contributed by atoms with E-state index in [0.29, 0.717) is 0 Å². The molecule has 442 valence electrons. The van der Waals surface area contributed by atoms with E-state index in [-0.39, 0.29) is 0 Å². The minimum Gasteiger partial charge on any atom is -0.479 e. The first-order chi connectivity index (χ1) is 35.5. The molecule has 0 aromatic heterocycles. The number of carboxylic acids is 2. The van der Waals surface area contributed by atoms with Gasteiger partial charge < -0.3 is 159 Å². The lowest BCUT2D eigenvalue weighted by Crippen LogP contribution is -2.67. The number of aliphatic hydroxyl groups is 19. The maximum Gasteiger partial charge on any atom is 0.474 e. The van der Waals surface area contributed by atoms with Crippen LogP contribution in [-0.4, -0.2) is 341 Å². The van der Waals surface area contributed by atoms with Gasteiger partial charge in [-0.2, -0.15) is 0 Å². The molecule has 31 atom stereocenters. The Labute approximate surface area is 425 Å². The number of ether oxygens (including phenoxy) is 10. The number of phosphoric acid groups is 1.